The van der Waals surface area contributed by atoms with E-state index in [0.717, 1.165) is 5.56 Å². The molecule has 1 aromatic carbocycles. The van der Waals surface area contributed by atoms with Crippen LogP contribution in [0.4, 0.5) is 5.69 Å². The predicted octanol–water partition coefficient (Wildman–Crippen LogP) is 1.55. The van der Waals surface area contributed by atoms with E-state index in [9.17, 15) is 14.7 Å². The van der Waals surface area contributed by atoms with Gasteiger partial charge >= 0.3 is 0 Å². The number of nitrogens with one attached hydrogen (secondary N) is 1. The lowest BCUT2D eigenvalue weighted by Gasteiger charge is -2.42. The molecular weight excluding hydrogens is 367 g/mol. The van der Waals surface area contributed by atoms with Crippen LogP contribution >= 0.6 is 23.2 Å². The van der Waals surface area contributed by atoms with Crippen LogP contribution in [-0.4, -0.2) is 52.2 Å². The maximum absolute atomic E-state index is 12.7. The number of carbonyl (C=O) groups is 2. The number of benzene rings is 1. The van der Waals surface area contributed by atoms with Crippen molar-refractivity contribution in [3.63, 3.8) is 0 Å². The van der Waals surface area contributed by atoms with Crippen LogP contribution in [0.5, 0.6) is 0 Å². The quantitative estimate of drug-likeness (QED) is 0.721. The van der Waals surface area contributed by atoms with Crippen LogP contribution in [0.1, 0.15) is 24.8 Å². The van der Waals surface area contributed by atoms with Gasteiger partial charge in [-0.1, -0.05) is 23.2 Å². The highest BCUT2D eigenvalue weighted by molar-refractivity contribution is 6.42. The largest absolute Gasteiger partial charge is 0.393 e. The Morgan fingerprint density at radius 1 is 1.32 bits per heavy atom. The number of rotatable bonds is 2. The third-order valence-corrected chi connectivity index (χ3v) is 6.46. The third kappa shape index (κ3) is 2.46. The maximum Gasteiger partial charge on any atom is 0.237 e. The fourth-order valence-electron chi connectivity index (χ4n) is 4.23. The van der Waals surface area contributed by atoms with Crippen LogP contribution in [0.15, 0.2) is 12.1 Å². The van der Waals surface area contributed by atoms with E-state index in [1.807, 2.05) is 0 Å². The summed E-state index contributed by atoms with van der Waals surface area (Å²) in [7, 11) is 0. The first-order chi connectivity index (χ1) is 11.8. The van der Waals surface area contributed by atoms with Crippen molar-refractivity contribution in [1.29, 1.82) is 0 Å². The molecule has 6 nitrogen and oxygen atoms in total. The van der Waals surface area contributed by atoms with E-state index < -0.39 is 11.0 Å². The first-order valence-electron chi connectivity index (χ1n) is 8.21. The van der Waals surface area contributed by atoms with Crippen LogP contribution in [0.2, 0.25) is 10.0 Å². The van der Waals surface area contributed by atoms with Gasteiger partial charge in [0.15, 0.2) is 0 Å². The van der Waals surface area contributed by atoms with E-state index in [0.29, 0.717) is 28.7 Å². The molecular formula is C17H18Cl2N2O4. The maximum atomic E-state index is 12.7. The molecule has 1 saturated carbocycles. The van der Waals surface area contributed by atoms with E-state index in [1.54, 1.807) is 17.0 Å². The van der Waals surface area contributed by atoms with Gasteiger partial charge in [0.25, 0.3) is 0 Å². The van der Waals surface area contributed by atoms with E-state index in [2.05, 4.69) is 5.32 Å². The topological polar surface area (TPSA) is 89.9 Å². The molecule has 0 unspecified atom stereocenters. The highest BCUT2D eigenvalue weighted by Gasteiger charge is 2.54. The molecule has 2 fully saturated rings. The zero-order valence-electron chi connectivity index (χ0n) is 13.4. The van der Waals surface area contributed by atoms with Gasteiger partial charge in [-0.2, -0.15) is 0 Å². The third-order valence-electron chi connectivity index (χ3n) is 5.74. The van der Waals surface area contributed by atoms with Gasteiger partial charge in [-0.15, -0.1) is 0 Å². The number of anilines is 1. The van der Waals surface area contributed by atoms with Crippen molar-refractivity contribution in [2.75, 3.05) is 25.0 Å². The van der Waals surface area contributed by atoms with Gasteiger partial charge in [-0.05, 0) is 37.0 Å². The number of aliphatic hydroxyl groups excluding tert-OH is 1. The number of hydrogen-bond donors (Lipinski definition) is 3. The average Bonchev–Trinajstić information content (AvgIpc) is 3.10. The summed E-state index contributed by atoms with van der Waals surface area (Å²) in [6.07, 6.45) is 1.04. The standard InChI is InChI=1S/C17H18Cl2N2O4/c18-11-3-10-13(4-12(11)19)20-15(24)17(10)1-2-21(7-17)14(23)9-5-16(25,6-9)8-22/h3-4,9,22,25H,1-2,5-8H2,(H,20,24)/t9?,16?,17-/m1/s1. The van der Waals surface area contributed by atoms with Crippen molar-refractivity contribution in [2.24, 2.45) is 5.92 Å². The molecule has 2 heterocycles. The van der Waals surface area contributed by atoms with Gasteiger partial charge < -0.3 is 20.4 Å². The van der Waals surface area contributed by atoms with Gasteiger partial charge in [0, 0.05) is 24.7 Å². The first-order valence-corrected chi connectivity index (χ1v) is 8.97. The molecule has 0 radical (unpaired) electrons. The van der Waals surface area contributed by atoms with Crippen molar-refractivity contribution in [3.05, 3.63) is 27.7 Å². The molecule has 3 N–H and O–H groups in total. The Bertz CT molecular complexity index is 778. The fraction of sp³-hybridized carbons (Fsp3) is 0.529. The Morgan fingerprint density at radius 2 is 2.00 bits per heavy atom. The van der Waals surface area contributed by atoms with E-state index >= 15 is 0 Å². The molecule has 1 atom stereocenters. The molecule has 0 bridgehead atoms. The van der Waals surface area contributed by atoms with E-state index in [1.165, 1.54) is 0 Å². The zero-order valence-corrected chi connectivity index (χ0v) is 14.9. The summed E-state index contributed by atoms with van der Waals surface area (Å²) in [6, 6.07) is 3.35. The van der Waals surface area contributed by atoms with Crippen LogP contribution in [0.3, 0.4) is 0 Å². The molecule has 1 aromatic rings. The Balaban J connectivity index is 1.56. The molecule has 1 aliphatic carbocycles. The molecule has 25 heavy (non-hydrogen) atoms. The summed E-state index contributed by atoms with van der Waals surface area (Å²) < 4.78 is 0. The number of amides is 2. The summed E-state index contributed by atoms with van der Waals surface area (Å²) in [5.41, 5.74) is -0.509. The number of carbonyl (C=O) groups excluding carboxylic acids is 2. The number of aliphatic hydroxyl groups is 2. The summed E-state index contributed by atoms with van der Waals surface area (Å²) in [5.74, 6) is -0.516. The van der Waals surface area contributed by atoms with Gasteiger partial charge in [0.1, 0.15) is 0 Å². The minimum absolute atomic E-state index is 0.0729. The summed E-state index contributed by atoms with van der Waals surface area (Å²) in [4.78, 5) is 27.0. The minimum atomic E-state index is -1.14. The monoisotopic (exact) mass is 384 g/mol. The fourth-order valence-corrected chi connectivity index (χ4v) is 4.56. The van der Waals surface area contributed by atoms with Gasteiger partial charge in [-0.3, -0.25) is 9.59 Å². The Labute approximate surface area is 154 Å². The number of nitrogens with zero attached hydrogens (tertiary/aromatic N) is 1. The second kappa shape index (κ2) is 5.58. The van der Waals surface area contributed by atoms with Crippen molar-refractivity contribution >= 4 is 40.7 Å². The van der Waals surface area contributed by atoms with Crippen LogP contribution < -0.4 is 5.32 Å². The number of likely N-dealkylation sites (tertiary alicyclic amines) is 1. The SMILES string of the molecule is O=C(C1CC(O)(CO)C1)N1CC[C@]2(C1)C(=O)Nc1cc(Cl)c(Cl)cc12. The second-order valence-electron chi connectivity index (χ2n) is 7.35. The van der Waals surface area contributed by atoms with Gasteiger partial charge in [0.05, 0.1) is 27.7 Å². The second-order valence-corrected chi connectivity index (χ2v) is 8.16. The van der Waals surface area contributed by atoms with Crippen molar-refractivity contribution in [1.82, 2.24) is 4.90 Å². The van der Waals surface area contributed by atoms with Crippen molar-refractivity contribution in [3.8, 4) is 0 Å². The average molecular weight is 385 g/mol. The van der Waals surface area contributed by atoms with Gasteiger partial charge in [0.2, 0.25) is 11.8 Å². The minimum Gasteiger partial charge on any atom is -0.393 e. The number of halogens is 2. The Morgan fingerprint density at radius 3 is 2.68 bits per heavy atom. The van der Waals surface area contributed by atoms with Crippen LogP contribution in [-0.2, 0) is 15.0 Å². The van der Waals surface area contributed by atoms with Crippen molar-refractivity contribution in [2.45, 2.75) is 30.3 Å². The van der Waals surface area contributed by atoms with E-state index in [4.69, 9.17) is 28.3 Å². The molecule has 1 spiro atoms. The molecule has 2 amide bonds. The Kier molecular flexibility index (Phi) is 3.81. The molecule has 8 heteroatoms. The zero-order chi connectivity index (χ0) is 18.0. The normalized spacial score (nSPS) is 33.4. The summed E-state index contributed by atoms with van der Waals surface area (Å²) in [6.45, 7) is 0.423. The van der Waals surface area contributed by atoms with E-state index in [-0.39, 0.29) is 43.7 Å². The van der Waals surface area contributed by atoms with Crippen LogP contribution in [0, 0.1) is 5.92 Å². The molecule has 3 aliphatic rings. The molecule has 2 aliphatic heterocycles. The highest BCUT2D eigenvalue weighted by atomic mass is 35.5. The molecule has 1 saturated heterocycles. The lowest BCUT2D eigenvalue weighted by atomic mass is 9.70. The predicted molar refractivity (Wildman–Crippen MR) is 92.7 cm³/mol. The lowest BCUT2D eigenvalue weighted by Crippen LogP contribution is -2.53. The smallest absolute Gasteiger partial charge is 0.237 e. The van der Waals surface area contributed by atoms with Crippen molar-refractivity contribution < 1.29 is 19.8 Å². The Hall–Kier alpha value is -1.34. The summed E-state index contributed by atoms with van der Waals surface area (Å²) in [5, 5.41) is 22.6. The molecule has 0 aromatic heterocycles. The molecule has 4 rings (SSSR count). The first kappa shape index (κ1) is 17.1. The molecule has 134 valence electrons. The lowest BCUT2D eigenvalue weighted by molar-refractivity contribution is -0.156. The van der Waals surface area contributed by atoms with Crippen LogP contribution in [0.25, 0.3) is 0 Å². The summed E-state index contributed by atoms with van der Waals surface area (Å²) >= 11 is 12.2. The van der Waals surface area contributed by atoms with Gasteiger partial charge in [-0.25, -0.2) is 0 Å². The highest BCUT2D eigenvalue weighted by Crippen LogP contribution is 2.48. The number of hydrogen-bond acceptors (Lipinski definition) is 4. The number of fused-ring (bicyclic) bond motifs is 2.